The smallest absolute Gasteiger partial charge is 0.431 e. The highest BCUT2D eigenvalue weighted by Crippen LogP contribution is 2.44. The third kappa shape index (κ3) is 8.88. The van der Waals surface area contributed by atoms with Crippen molar-refractivity contribution in [3.63, 3.8) is 0 Å². The summed E-state index contributed by atoms with van der Waals surface area (Å²) in [7, 11) is 0.901. The average Bonchev–Trinajstić information content (AvgIpc) is 2.99. The Labute approximate surface area is 246 Å². The molecule has 13 heteroatoms. The van der Waals surface area contributed by atoms with E-state index in [-0.39, 0.29) is 23.4 Å². The van der Waals surface area contributed by atoms with Gasteiger partial charge in [0, 0.05) is 24.4 Å². The number of allylic oxidation sites excluding steroid dienone is 2. The lowest BCUT2D eigenvalue weighted by Crippen LogP contribution is -2.38. The highest BCUT2D eigenvalue weighted by molar-refractivity contribution is 6.00. The molecule has 10 nitrogen and oxygen atoms in total. The highest BCUT2D eigenvalue weighted by Gasteiger charge is 2.47. The number of esters is 2. The van der Waals surface area contributed by atoms with Crippen LogP contribution in [-0.4, -0.2) is 55.0 Å². The lowest BCUT2D eigenvalue weighted by molar-refractivity contribution is -0.384. The summed E-state index contributed by atoms with van der Waals surface area (Å²) in [5, 5.41) is 26.9. The summed E-state index contributed by atoms with van der Waals surface area (Å²) in [6.07, 6.45) is -2.84. The number of methoxy groups -OCH3 is 1. The number of nitrogens with one attached hydrogen (secondary N) is 2. The van der Waals surface area contributed by atoms with Gasteiger partial charge in [0.25, 0.3) is 5.69 Å². The predicted octanol–water partition coefficient (Wildman–Crippen LogP) is 4.97. The fraction of sp³-hybridized carbons (Fsp3) is 0.400. The number of nitrogens with zero attached hydrogens (tertiary/aromatic N) is 1. The molecule has 2 atom stereocenters. The van der Waals surface area contributed by atoms with Gasteiger partial charge in [0.1, 0.15) is 5.70 Å². The van der Waals surface area contributed by atoms with Crippen molar-refractivity contribution in [3.05, 3.63) is 98.4 Å². The van der Waals surface area contributed by atoms with E-state index in [1.807, 2.05) is 30.3 Å². The number of hydrogen-bond donors (Lipinski definition) is 3. The summed E-state index contributed by atoms with van der Waals surface area (Å²) in [6.45, 7) is 2.30. The molecule has 2 aromatic carbocycles. The Morgan fingerprint density at radius 2 is 1.74 bits per heavy atom. The van der Waals surface area contributed by atoms with Gasteiger partial charge in [0.15, 0.2) is 0 Å². The van der Waals surface area contributed by atoms with Gasteiger partial charge in [0.05, 0.1) is 41.8 Å². The maximum Gasteiger partial charge on any atom is 0.431 e. The van der Waals surface area contributed by atoms with Gasteiger partial charge in [-0.2, -0.15) is 13.2 Å². The van der Waals surface area contributed by atoms with E-state index in [1.54, 1.807) is 0 Å². The number of nitro benzene ring substituents is 1. The van der Waals surface area contributed by atoms with Crippen molar-refractivity contribution in [3.8, 4) is 0 Å². The molecule has 232 valence electrons. The van der Waals surface area contributed by atoms with Crippen molar-refractivity contribution >= 4 is 17.6 Å². The summed E-state index contributed by atoms with van der Waals surface area (Å²) >= 11 is 0. The molecule has 2 aromatic rings. The van der Waals surface area contributed by atoms with Crippen LogP contribution in [0.3, 0.4) is 0 Å². The molecule has 0 saturated heterocycles. The molecule has 0 aliphatic carbocycles. The molecule has 0 bridgehead atoms. The Kier molecular flexibility index (Phi) is 11.8. The molecular weight excluding hydrogens is 571 g/mol. The first-order chi connectivity index (χ1) is 20.5. The average molecular weight is 606 g/mol. The molecule has 1 aliphatic heterocycles. The van der Waals surface area contributed by atoms with Gasteiger partial charge in [-0.1, -0.05) is 55.3 Å². The van der Waals surface area contributed by atoms with E-state index in [0.29, 0.717) is 25.9 Å². The van der Waals surface area contributed by atoms with E-state index >= 15 is 0 Å². The lowest BCUT2D eigenvalue weighted by atomic mass is 9.80. The van der Waals surface area contributed by atoms with Crippen LogP contribution in [0.25, 0.3) is 0 Å². The summed E-state index contributed by atoms with van der Waals surface area (Å²) in [5.41, 5.74) is -2.49. The fourth-order valence-electron chi connectivity index (χ4n) is 4.78. The maximum absolute atomic E-state index is 14.0. The second-order valence-corrected chi connectivity index (χ2v) is 9.91. The minimum Gasteiger partial charge on any atom is -0.466 e. The topological polar surface area (TPSA) is 140 Å². The molecule has 0 aromatic heterocycles. The van der Waals surface area contributed by atoms with Gasteiger partial charge in [-0.15, -0.1) is 0 Å². The summed E-state index contributed by atoms with van der Waals surface area (Å²) in [5.74, 6) is -3.94. The van der Waals surface area contributed by atoms with Gasteiger partial charge >= 0.3 is 18.1 Å². The molecule has 1 heterocycles. The van der Waals surface area contributed by atoms with E-state index in [9.17, 15) is 38.0 Å². The van der Waals surface area contributed by atoms with Crippen LogP contribution in [0.1, 0.15) is 55.8 Å². The van der Waals surface area contributed by atoms with E-state index in [0.717, 1.165) is 37.6 Å². The number of aliphatic hydroxyl groups excluding tert-OH is 1. The number of dihydropyridines is 1. The zero-order valence-corrected chi connectivity index (χ0v) is 23.8. The van der Waals surface area contributed by atoms with Crippen LogP contribution in [0.15, 0.2) is 77.1 Å². The predicted molar refractivity (Wildman–Crippen MR) is 150 cm³/mol. The number of nitro groups is 1. The number of carbonyl (C=O) groups excluding carboxylic acids is 2. The highest BCUT2D eigenvalue weighted by atomic mass is 19.4. The standard InChI is InChI=1S/C30H34F3N3O7/c1-19-24(29(39)43-16-9-4-3-8-15-34-18-23(37)20-11-6-5-7-12-20)25(21-13-10-14-22(17-21)36(40)41)26(28(38)42-2)27(35-19)30(31,32)33/h5-7,10-14,17,23,25,34-35,37H,3-4,8-9,15-16,18H2,1-2H3. The van der Waals surface area contributed by atoms with Crippen LogP contribution in [0.4, 0.5) is 18.9 Å². The maximum atomic E-state index is 14.0. The third-order valence-corrected chi connectivity index (χ3v) is 6.89. The van der Waals surface area contributed by atoms with E-state index in [1.165, 1.54) is 19.1 Å². The minimum absolute atomic E-state index is 0.0270. The largest absolute Gasteiger partial charge is 0.466 e. The number of unbranched alkanes of at least 4 members (excludes halogenated alkanes) is 3. The number of alkyl halides is 3. The molecule has 0 radical (unpaired) electrons. The van der Waals surface area contributed by atoms with Gasteiger partial charge < -0.3 is 25.2 Å². The second kappa shape index (κ2) is 15.3. The number of aliphatic hydroxyl groups is 1. The normalized spacial score (nSPS) is 16.0. The van der Waals surface area contributed by atoms with Crippen LogP contribution >= 0.6 is 0 Å². The van der Waals surface area contributed by atoms with Crippen LogP contribution in [0.2, 0.25) is 0 Å². The number of ether oxygens (including phenoxy) is 2. The van der Waals surface area contributed by atoms with Gasteiger partial charge in [-0.05, 0) is 37.4 Å². The first-order valence-electron chi connectivity index (χ1n) is 13.7. The minimum atomic E-state index is -5.02. The quantitative estimate of drug-likeness (QED) is 0.118. The summed E-state index contributed by atoms with van der Waals surface area (Å²) in [6, 6.07) is 14.0. The van der Waals surface area contributed by atoms with Gasteiger partial charge in [-0.3, -0.25) is 10.1 Å². The Bertz CT molecular complexity index is 1360. The van der Waals surface area contributed by atoms with Crippen molar-refractivity contribution in [1.82, 2.24) is 10.6 Å². The first-order valence-corrected chi connectivity index (χ1v) is 13.7. The molecule has 0 amide bonds. The lowest BCUT2D eigenvalue weighted by Gasteiger charge is -2.31. The zero-order valence-electron chi connectivity index (χ0n) is 23.8. The third-order valence-electron chi connectivity index (χ3n) is 6.89. The van der Waals surface area contributed by atoms with Crippen molar-refractivity contribution in [1.29, 1.82) is 0 Å². The van der Waals surface area contributed by atoms with Crippen molar-refractivity contribution < 1.29 is 42.3 Å². The van der Waals surface area contributed by atoms with Crippen LogP contribution in [0, 0.1) is 10.1 Å². The SMILES string of the molecule is COC(=O)C1=C(C(F)(F)F)NC(C)=C(C(=O)OCCCCCCNCC(O)c2ccccc2)C1c1cccc([N+](=O)[O-])c1. The number of carbonyl (C=O) groups is 2. The van der Waals surface area contributed by atoms with E-state index < -0.39 is 52.0 Å². The molecule has 3 rings (SSSR count). The molecule has 3 N–H and O–H groups in total. The number of non-ortho nitro benzene ring substituents is 1. The monoisotopic (exact) mass is 605 g/mol. The number of hydrogen-bond acceptors (Lipinski definition) is 9. The molecule has 0 fully saturated rings. The summed E-state index contributed by atoms with van der Waals surface area (Å²) < 4.78 is 52.1. The van der Waals surface area contributed by atoms with Crippen molar-refractivity contribution in [2.75, 3.05) is 26.8 Å². The number of halogens is 3. The van der Waals surface area contributed by atoms with Crippen molar-refractivity contribution in [2.24, 2.45) is 0 Å². The molecule has 1 aliphatic rings. The molecule has 0 saturated carbocycles. The van der Waals surface area contributed by atoms with Crippen LogP contribution in [0.5, 0.6) is 0 Å². The summed E-state index contributed by atoms with van der Waals surface area (Å²) in [4.78, 5) is 36.6. The van der Waals surface area contributed by atoms with Gasteiger partial charge in [0.2, 0.25) is 0 Å². The van der Waals surface area contributed by atoms with Crippen LogP contribution in [-0.2, 0) is 19.1 Å². The Balaban J connectivity index is 1.64. The van der Waals surface area contributed by atoms with E-state index in [2.05, 4.69) is 15.4 Å². The first kappa shape index (κ1) is 33.3. The van der Waals surface area contributed by atoms with Gasteiger partial charge in [-0.25, -0.2) is 9.59 Å². The molecule has 0 spiro atoms. The molecule has 2 unspecified atom stereocenters. The molecular formula is C30H34F3N3O7. The Hall–Kier alpha value is -4.23. The second-order valence-electron chi connectivity index (χ2n) is 9.91. The number of benzene rings is 2. The molecule has 43 heavy (non-hydrogen) atoms. The Morgan fingerprint density at radius 1 is 1.05 bits per heavy atom. The Morgan fingerprint density at radius 3 is 2.40 bits per heavy atom. The zero-order chi connectivity index (χ0) is 31.6. The van der Waals surface area contributed by atoms with E-state index in [4.69, 9.17) is 4.74 Å². The van der Waals surface area contributed by atoms with Crippen LogP contribution < -0.4 is 10.6 Å². The number of rotatable bonds is 14. The van der Waals surface area contributed by atoms with Crippen molar-refractivity contribution in [2.45, 2.75) is 50.8 Å². The fourth-order valence-corrected chi connectivity index (χ4v) is 4.78.